The van der Waals surface area contributed by atoms with E-state index < -0.39 is 6.10 Å². The zero-order valence-corrected chi connectivity index (χ0v) is 10.4. The van der Waals surface area contributed by atoms with Gasteiger partial charge in [0.1, 0.15) is 0 Å². The topological polar surface area (TPSA) is 49.3 Å². The van der Waals surface area contributed by atoms with Crippen molar-refractivity contribution >= 4 is 12.0 Å². The minimum Gasteiger partial charge on any atom is -0.391 e. The van der Waals surface area contributed by atoms with E-state index in [0.29, 0.717) is 0 Å². The Morgan fingerprint density at radius 2 is 1.94 bits per heavy atom. The summed E-state index contributed by atoms with van der Waals surface area (Å²) in [5.41, 5.74) is 0.997. The molecule has 1 aromatic carbocycles. The Hall–Kier alpha value is -1.61. The molecule has 2 rings (SSSR count). The van der Waals surface area contributed by atoms with Crippen LogP contribution in [0.5, 0.6) is 0 Å². The average molecular weight is 245 g/mol. The molecule has 0 bridgehead atoms. The van der Waals surface area contributed by atoms with E-state index in [4.69, 9.17) is 0 Å². The SMILES string of the molecule is O=C(/C=C/c1ccccc1)NC1CCCCC1O. The molecule has 96 valence electrons. The lowest BCUT2D eigenvalue weighted by molar-refractivity contribution is -0.118. The summed E-state index contributed by atoms with van der Waals surface area (Å²) in [6, 6.07) is 9.60. The first kappa shape index (κ1) is 12.8. The van der Waals surface area contributed by atoms with Crippen LogP contribution in [0.25, 0.3) is 6.08 Å². The first-order valence-electron chi connectivity index (χ1n) is 6.47. The van der Waals surface area contributed by atoms with Crippen LogP contribution in [-0.2, 0) is 4.79 Å². The summed E-state index contributed by atoms with van der Waals surface area (Å²) in [7, 11) is 0. The van der Waals surface area contributed by atoms with Crippen molar-refractivity contribution in [1.82, 2.24) is 5.32 Å². The summed E-state index contributed by atoms with van der Waals surface area (Å²) in [6.45, 7) is 0. The number of carbonyl (C=O) groups is 1. The third kappa shape index (κ3) is 3.70. The first-order valence-corrected chi connectivity index (χ1v) is 6.47. The Balaban J connectivity index is 1.86. The molecule has 3 nitrogen and oxygen atoms in total. The molecule has 1 aromatic rings. The monoisotopic (exact) mass is 245 g/mol. The molecule has 0 aliphatic heterocycles. The Kier molecular flexibility index (Phi) is 4.53. The summed E-state index contributed by atoms with van der Waals surface area (Å²) in [4.78, 5) is 11.7. The fourth-order valence-electron chi connectivity index (χ4n) is 2.25. The maximum absolute atomic E-state index is 11.7. The van der Waals surface area contributed by atoms with Crippen molar-refractivity contribution in [3.63, 3.8) is 0 Å². The number of nitrogens with one attached hydrogen (secondary N) is 1. The number of rotatable bonds is 3. The van der Waals surface area contributed by atoms with E-state index in [-0.39, 0.29) is 11.9 Å². The van der Waals surface area contributed by atoms with E-state index in [2.05, 4.69) is 5.32 Å². The Morgan fingerprint density at radius 3 is 2.67 bits per heavy atom. The van der Waals surface area contributed by atoms with Crippen molar-refractivity contribution in [1.29, 1.82) is 0 Å². The lowest BCUT2D eigenvalue weighted by Crippen LogP contribution is -2.44. The van der Waals surface area contributed by atoms with Crippen molar-refractivity contribution in [2.45, 2.75) is 37.8 Å². The number of carbonyl (C=O) groups excluding carboxylic acids is 1. The van der Waals surface area contributed by atoms with Crippen LogP contribution < -0.4 is 5.32 Å². The van der Waals surface area contributed by atoms with Crippen LogP contribution in [0.1, 0.15) is 31.2 Å². The molecule has 1 aliphatic carbocycles. The van der Waals surface area contributed by atoms with Crippen molar-refractivity contribution in [2.75, 3.05) is 0 Å². The van der Waals surface area contributed by atoms with Crippen LogP contribution in [0.2, 0.25) is 0 Å². The Labute approximate surface area is 108 Å². The predicted octanol–water partition coefficient (Wildman–Crippen LogP) is 2.12. The molecule has 0 saturated heterocycles. The summed E-state index contributed by atoms with van der Waals surface area (Å²) in [5, 5.41) is 12.6. The minimum atomic E-state index is -0.396. The third-order valence-corrected chi connectivity index (χ3v) is 3.28. The molecule has 2 N–H and O–H groups in total. The fraction of sp³-hybridized carbons (Fsp3) is 0.400. The second kappa shape index (κ2) is 6.36. The average Bonchev–Trinajstić information content (AvgIpc) is 2.40. The molecule has 2 unspecified atom stereocenters. The molecule has 0 spiro atoms. The van der Waals surface area contributed by atoms with Crippen molar-refractivity contribution in [2.24, 2.45) is 0 Å². The fourth-order valence-corrected chi connectivity index (χ4v) is 2.25. The van der Waals surface area contributed by atoms with Gasteiger partial charge in [0.15, 0.2) is 0 Å². The van der Waals surface area contributed by atoms with Gasteiger partial charge >= 0.3 is 0 Å². The zero-order chi connectivity index (χ0) is 12.8. The Bertz CT molecular complexity index is 414. The third-order valence-electron chi connectivity index (χ3n) is 3.28. The van der Waals surface area contributed by atoms with E-state index in [1.54, 1.807) is 6.08 Å². The predicted molar refractivity (Wildman–Crippen MR) is 71.9 cm³/mol. The number of amides is 1. The molecule has 2 atom stereocenters. The second-order valence-corrected chi connectivity index (χ2v) is 4.71. The Morgan fingerprint density at radius 1 is 1.22 bits per heavy atom. The van der Waals surface area contributed by atoms with Crippen LogP contribution >= 0.6 is 0 Å². The number of hydrogen-bond donors (Lipinski definition) is 2. The van der Waals surface area contributed by atoms with Gasteiger partial charge in [-0.2, -0.15) is 0 Å². The highest BCUT2D eigenvalue weighted by molar-refractivity contribution is 5.91. The van der Waals surface area contributed by atoms with Gasteiger partial charge in [0, 0.05) is 6.08 Å². The molecule has 1 amide bonds. The van der Waals surface area contributed by atoms with Crippen molar-refractivity contribution in [3.8, 4) is 0 Å². The van der Waals surface area contributed by atoms with E-state index in [9.17, 15) is 9.90 Å². The van der Waals surface area contributed by atoms with Gasteiger partial charge in [-0.25, -0.2) is 0 Å². The van der Waals surface area contributed by atoms with Gasteiger partial charge in [0.25, 0.3) is 0 Å². The number of benzene rings is 1. The molecule has 0 aromatic heterocycles. The lowest BCUT2D eigenvalue weighted by Gasteiger charge is -2.27. The summed E-state index contributed by atoms with van der Waals surface area (Å²) >= 11 is 0. The van der Waals surface area contributed by atoms with Crippen LogP contribution in [0.3, 0.4) is 0 Å². The largest absolute Gasteiger partial charge is 0.391 e. The van der Waals surface area contributed by atoms with Gasteiger partial charge in [-0.05, 0) is 24.5 Å². The van der Waals surface area contributed by atoms with Crippen molar-refractivity contribution < 1.29 is 9.90 Å². The van der Waals surface area contributed by atoms with Crippen LogP contribution in [0, 0.1) is 0 Å². The highest BCUT2D eigenvalue weighted by Gasteiger charge is 2.23. The van der Waals surface area contributed by atoms with Gasteiger partial charge in [0.2, 0.25) is 5.91 Å². The maximum atomic E-state index is 11.7. The molecule has 18 heavy (non-hydrogen) atoms. The van der Waals surface area contributed by atoms with E-state index in [1.165, 1.54) is 6.08 Å². The molecule has 0 radical (unpaired) electrons. The van der Waals surface area contributed by atoms with Crippen molar-refractivity contribution in [3.05, 3.63) is 42.0 Å². The van der Waals surface area contributed by atoms with E-state index in [1.807, 2.05) is 30.3 Å². The van der Waals surface area contributed by atoms with Crippen LogP contribution in [0.4, 0.5) is 0 Å². The second-order valence-electron chi connectivity index (χ2n) is 4.71. The molecule has 1 fully saturated rings. The lowest BCUT2D eigenvalue weighted by atomic mass is 9.92. The van der Waals surface area contributed by atoms with E-state index in [0.717, 1.165) is 31.2 Å². The van der Waals surface area contributed by atoms with Gasteiger partial charge in [-0.3, -0.25) is 4.79 Å². The van der Waals surface area contributed by atoms with E-state index >= 15 is 0 Å². The smallest absolute Gasteiger partial charge is 0.244 e. The van der Waals surface area contributed by atoms with Crippen LogP contribution in [-0.4, -0.2) is 23.2 Å². The summed E-state index contributed by atoms with van der Waals surface area (Å²) in [6.07, 6.45) is 6.69. The molecular weight excluding hydrogens is 226 g/mol. The zero-order valence-electron chi connectivity index (χ0n) is 10.4. The quantitative estimate of drug-likeness (QED) is 0.801. The normalized spacial score (nSPS) is 24.1. The molecule has 0 heterocycles. The van der Waals surface area contributed by atoms with Gasteiger partial charge in [0.05, 0.1) is 12.1 Å². The van der Waals surface area contributed by atoms with Gasteiger partial charge in [-0.1, -0.05) is 43.2 Å². The molecular formula is C15H19NO2. The highest BCUT2D eigenvalue weighted by Crippen LogP contribution is 2.18. The molecule has 1 aliphatic rings. The summed E-state index contributed by atoms with van der Waals surface area (Å²) < 4.78 is 0. The first-order chi connectivity index (χ1) is 8.75. The minimum absolute atomic E-state index is 0.0910. The van der Waals surface area contributed by atoms with Crippen LogP contribution in [0.15, 0.2) is 36.4 Å². The maximum Gasteiger partial charge on any atom is 0.244 e. The standard InChI is InChI=1S/C15H19NO2/c17-14-9-5-4-8-13(14)16-15(18)11-10-12-6-2-1-3-7-12/h1-3,6-7,10-11,13-14,17H,4-5,8-9H2,(H,16,18)/b11-10+. The van der Waals surface area contributed by atoms with Gasteiger partial charge < -0.3 is 10.4 Å². The number of aliphatic hydroxyl groups excluding tert-OH is 1. The number of aliphatic hydroxyl groups is 1. The number of hydrogen-bond acceptors (Lipinski definition) is 2. The molecule has 3 heteroatoms. The molecule has 1 saturated carbocycles. The highest BCUT2D eigenvalue weighted by atomic mass is 16.3. The summed E-state index contributed by atoms with van der Waals surface area (Å²) in [5.74, 6) is -0.134. The van der Waals surface area contributed by atoms with Gasteiger partial charge in [-0.15, -0.1) is 0 Å².